The quantitative estimate of drug-likeness (QED) is 0.263. The highest BCUT2D eigenvalue weighted by molar-refractivity contribution is 9.10. The number of aromatic nitrogens is 3. The van der Waals surface area contributed by atoms with Gasteiger partial charge in [-0.15, -0.1) is 10.2 Å². The Kier molecular flexibility index (Phi) is 8.03. The zero-order chi connectivity index (χ0) is 23.9. The summed E-state index contributed by atoms with van der Waals surface area (Å²) in [4.78, 5) is 12.6. The molecule has 1 N–H and O–H groups in total. The zero-order valence-electron chi connectivity index (χ0n) is 19.0. The molecular formula is C26H25BrN4O2S. The number of anilines is 1. The van der Waals surface area contributed by atoms with Crippen LogP contribution in [0.1, 0.15) is 23.9 Å². The maximum absolute atomic E-state index is 12.6. The molecule has 1 heterocycles. The summed E-state index contributed by atoms with van der Waals surface area (Å²) in [6, 6.07) is 23.7. The number of ether oxygens (including phenoxy) is 1. The lowest BCUT2D eigenvalue weighted by Gasteiger charge is -2.12. The minimum absolute atomic E-state index is 0.0995. The van der Waals surface area contributed by atoms with E-state index < -0.39 is 0 Å². The molecule has 174 valence electrons. The van der Waals surface area contributed by atoms with E-state index in [-0.39, 0.29) is 11.7 Å². The van der Waals surface area contributed by atoms with Crippen LogP contribution in [-0.2, 0) is 11.2 Å². The summed E-state index contributed by atoms with van der Waals surface area (Å²) in [6.07, 6.45) is 0.631. The first kappa shape index (κ1) is 24.0. The lowest BCUT2D eigenvalue weighted by atomic mass is 10.1. The van der Waals surface area contributed by atoms with Gasteiger partial charge in [-0.3, -0.25) is 9.36 Å². The second-order valence-corrected chi connectivity index (χ2v) is 9.42. The number of thioether (sulfide) groups is 1. The van der Waals surface area contributed by atoms with Crippen molar-refractivity contribution in [1.82, 2.24) is 14.8 Å². The Morgan fingerprint density at radius 3 is 2.53 bits per heavy atom. The first-order valence-electron chi connectivity index (χ1n) is 10.9. The van der Waals surface area contributed by atoms with Crippen molar-refractivity contribution < 1.29 is 9.53 Å². The molecule has 1 aromatic heterocycles. The third-order valence-corrected chi connectivity index (χ3v) is 6.90. The lowest BCUT2D eigenvalue weighted by Crippen LogP contribution is -2.14. The van der Waals surface area contributed by atoms with E-state index in [1.807, 2.05) is 79.1 Å². The van der Waals surface area contributed by atoms with Crippen LogP contribution in [0.3, 0.4) is 0 Å². The normalized spacial score (nSPS) is 10.8. The van der Waals surface area contributed by atoms with Gasteiger partial charge in [0.25, 0.3) is 0 Å². The van der Waals surface area contributed by atoms with Gasteiger partial charge in [0, 0.05) is 22.3 Å². The highest BCUT2D eigenvalue weighted by atomic mass is 79.9. The standard InChI is InChI=1S/C26H25BrN4O2S/c1-3-33-22-12-10-21(11-13-22)31-24(16-19-7-5-4-6-8-19)29-30-26(31)34-17-25(32)28-20-9-14-23(27)18(2)15-20/h4-15H,3,16-17H2,1-2H3,(H,28,32). The molecule has 4 rings (SSSR count). The van der Waals surface area contributed by atoms with Crippen molar-refractivity contribution in [2.45, 2.75) is 25.4 Å². The molecule has 3 aromatic carbocycles. The van der Waals surface area contributed by atoms with E-state index in [1.54, 1.807) is 0 Å². The number of nitrogens with zero attached hydrogens (tertiary/aromatic N) is 3. The average Bonchev–Trinajstić information content (AvgIpc) is 3.24. The minimum atomic E-state index is -0.0995. The van der Waals surface area contributed by atoms with Gasteiger partial charge in [0.15, 0.2) is 5.16 Å². The fourth-order valence-corrected chi connectivity index (χ4v) is 4.47. The number of carbonyl (C=O) groups is 1. The first-order chi connectivity index (χ1) is 16.5. The van der Waals surface area contributed by atoms with Crippen LogP contribution in [-0.4, -0.2) is 33.0 Å². The number of nitrogens with one attached hydrogen (secondary N) is 1. The summed E-state index contributed by atoms with van der Waals surface area (Å²) in [5.74, 6) is 1.73. The van der Waals surface area contributed by atoms with Gasteiger partial charge in [0.2, 0.25) is 5.91 Å². The topological polar surface area (TPSA) is 69.0 Å². The second kappa shape index (κ2) is 11.4. The Hall–Kier alpha value is -3.10. The lowest BCUT2D eigenvalue weighted by molar-refractivity contribution is -0.113. The van der Waals surface area contributed by atoms with Gasteiger partial charge in [-0.1, -0.05) is 58.0 Å². The van der Waals surface area contributed by atoms with Crippen molar-refractivity contribution in [3.05, 3.63) is 94.2 Å². The molecule has 6 nitrogen and oxygen atoms in total. The predicted octanol–water partition coefficient (Wildman–Crippen LogP) is 6.06. The number of halogens is 1. The number of hydrogen-bond acceptors (Lipinski definition) is 5. The molecular weight excluding hydrogens is 512 g/mol. The summed E-state index contributed by atoms with van der Waals surface area (Å²) in [6.45, 7) is 4.56. The molecule has 0 bridgehead atoms. The largest absolute Gasteiger partial charge is 0.494 e. The molecule has 0 unspecified atom stereocenters. The Morgan fingerprint density at radius 2 is 1.82 bits per heavy atom. The van der Waals surface area contributed by atoms with Gasteiger partial charge >= 0.3 is 0 Å². The van der Waals surface area contributed by atoms with Gasteiger partial charge in [0.05, 0.1) is 12.4 Å². The van der Waals surface area contributed by atoms with E-state index in [0.717, 1.165) is 38.5 Å². The number of aryl methyl sites for hydroxylation is 1. The van der Waals surface area contributed by atoms with Gasteiger partial charge in [-0.25, -0.2) is 0 Å². The Bertz CT molecular complexity index is 1260. The Balaban J connectivity index is 1.54. The van der Waals surface area contributed by atoms with Crippen molar-refractivity contribution in [3.8, 4) is 11.4 Å². The molecule has 0 atom stereocenters. The predicted molar refractivity (Wildman–Crippen MR) is 140 cm³/mol. The van der Waals surface area contributed by atoms with Crippen molar-refractivity contribution in [2.24, 2.45) is 0 Å². The molecule has 0 aliphatic carbocycles. The molecule has 4 aromatic rings. The van der Waals surface area contributed by atoms with Crippen LogP contribution in [0.4, 0.5) is 5.69 Å². The van der Waals surface area contributed by atoms with E-state index in [2.05, 4.69) is 43.6 Å². The van der Waals surface area contributed by atoms with Crippen LogP contribution in [0.15, 0.2) is 82.4 Å². The minimum Gasteiger partial charge on any atom is -0.494 e. The van der Waals surface area contributed by atoms with E-state index in [9.17, 15) is 4.79 Å². The third-order valence-electron chi connectivity index (χ3n) is 5.09. The van der Waals surface area contributed by atoms with Gasteiger partial charge < -0.3 is 10.1 Å². The summed E-state index contributed by atoms with van der Waals surface area (Å²) < 4.78 is 8.60. The van der Waals surface area contributed by atoms with Crippen LogP contribution in [0.2, 0.25) is 0 Å². The van der Waals surface area contributed by atoms with Crippen LogP contribution < -0.4 is 10.1 Å². The van der Waals surface area contributed by atoms with Crippen LogP contribution >= 0.6 is 27.7 Å². The molecule has 34 heavy (non-hydrogen) atoms. The second-order valence-electron chi connectivity index (χ2n) is 7.62. The molecule has 0 saturated heterocycles. The SMILES string of the molecule is CCOc1ccc(-n2c(Cc3ccccc3)nnc2SCC(=O)Nc2ccc(Br)c(C)c2)cc1. The van der Waals surface area contributed by atoms with Crippen LogP contribution in [0.25, 0.3) is 5.69 Å². The summed E-state index contributed by atoms with van der Waals surface area (Å²) in [5, 5.41) is 12.5. The van der Waals surface area contributed by atoms with E-state index in [1.165, 1.54) is 11.8 Å². The number of amides is 1. The van der Waals surface area contributed by atoms with E-state index in [0.29, 0.717) is 18.2 Å². The molecule has 1 amide bonds. The zero-order valence-corrected chi connectivity index (χ0v) is 21.4. The maximum atomic E-state index is 12.6. The van der Waals surface area contributed by atoms with Crippen molar-refractivity contribution >= 4 is 39.3 Å². The number of benzene rings is 3. The number of carbonyl (C=O) groups excluding carboxylic acids is 1. The molecule has 0 aliphatic rings. The van der Waals surface area contributed by atoms with Gasteiger partial charge in [-0.05, 0) is 67.4 Å². The first-order valence-corrected chi connectivity index (χ1v) is 12.7. The summed E-state index contributed by atoms with van der Waals surface area (Å²) >= 11 is 4.84. The number of rotatable bonds is 9. The smallest absolute Gasteiger partial charge is 0.234 e. The number of hydrogen-bond donors (Lipinski definition) is 1. The van der Waals surface area contributed by atoms with Crippen LogP contribution in [0.5, 0.6) is 5.75 Å². The third kappa shape index (κ3) is 6.07. The van der Waals surface area contributed by atoms with Crippen molar-refractivity contribution in [3.63, 3.8) is 0 Å². The van der Waals surface area contributed by atoms with E-state index in [4.69, 9.17) is 4.74 Å². The molecule has 0 spiro atoms. The summed E-state index contributed by atoms with van der Waals surface area (Å²) in [5.41, 5.74) is 3.89. The Morgan fingerprint density at radius 1 is 1.06 bits per heavy atom. The monoisotopic (exact) mass is 536 g/mol. The average molecular weight is 537 g/mol. The highest BCUT2D eigenvalue weighted by Gasteiger charge is 2.17. The molecule has 0 radical (unpaired) electrons. The van der Waals surface area contributed by atoms with Gasteiger partial charge in [0.1, 0.15) is 11.6 Å². The molecule has 0 aliphatic heterocycles. The highest BCUT2D eigenvalue weighted by Crippen LogP contribution is 2.26. The fourth-order valence-electron chi connectivity index (χ4n) is 3.45. The summed E-state index contributed by atoms with van der Waals surface area (Å²) in [7, 11) is 0. The fraction of sp³-hybridized carbons (Fsp3) is 0.192. The molecule has 8 heteroatoms. The Labute approximate surface area is 211 Å². The maximum Gasteiger partial charge on any atom is 0.234 e. The van der Waals surface area contributed by atoms with E-state index >= 15 is 0 Å². The molecule has 0 fully saturated rings. The molecule has 0 saturated carbocycles. The van der Waals surface area contributed by atoms with Crippen molar-refractivity contribution in [2.75, 3.05) is 17.7 Å². The van der Waals surface area contributed by atoms with Gasteiger partial charge in [-0.2, -0.15) is 0 Å². The van der Waals surface area contributed by atoms with Crippen LogP contribution in [0, 0.1) is 6.92 Å². The van der Waals surface area contributed by atoms with Crippen molar-refractivity contribution in [1.29, 1.82) is 0 Å².